The van der Waals surface area contributed by atoms with Gasteiger partial charge < -0.3 is 18.9 Å². The van der Waals surface area contributed by atoms with Gasteiger partial charge in [0.1, 0.15) is 5.92 Å². The number of rotatable bonds is 8. The maximum Gasteiger partial charge on any atom is 0.337 e. The molecule has 1 aliphatic heterocycles. The Morgan fingerprint density at radius 1 is 0.947 bits per heavy atom. The second kappa shape index (κ2) is 11.6. The zero-order valence-corrected chi connectivity index (χ0v) is 22.4. The zero-order valence-electron chi connectivity index (χ0n) is 22.4. The van der Waals surface area contributed by atoms with Gasteiger partial charge in [0, 0.05) is 29.3 Å². The number of Topliss-reactive ketones (excluding diaryl/α,β-unsaturated/α-hetero) is 1. The quantitative estimate of drug-likeness (QED) is 0.452. The van der Waals surface area contributed by atoms with Crippen molar-refractivity contribution in [1.82, 2.24) is 0 Å². The van der Waals surface area contributed by atoms with Crippen molar-refractivity contribution in [3.8, 4) is 11.5 Å². The largest absolute Gasteiger partial charge is 0.493 e. The fourth-order valence-electron chi connectivity index (χ4n) is 5.30. The average molecular weight is 520 g/mol. The molecule has 0 spiro atoms. The van der Waals surface area contributed by atoms with Gasteiger partial charge in [0.15, 0.2) is 17.3 Å². The molecular weight excluding hydrogens is 486 g/mol. The number of esters is 2. The number of hydrogen-bond acceptors (Lipinski definition) is 8. The third-order valence-corrected chi connectivity index (χ3v) is 7.16. The van der Waals surface area contributed by atoms with Crippen LogP contribution in [0.15, 0.2) is 58.7 Å². The van der Waals surface area contributed by atoms with E-state index in [-0.39, 0.29) is 24.7 Å². The SMILES string of the molecule is CCCOC(=O)C1C(C)=NC2=C(C(=O)C[C@@H](c3ccc(OC)c(OC)c3)C2)[C@H]1c1ccc(C(=O)OC)cc1. The van der Waals surface area contributed by atoms with Gasteiger partial charge in [0.05, 0.1) is 33.5 Å². The summed E-state index contributed by atoms with van der Waals surface area (Å²) < 4.78 is 21.2. The molecule has 2 aromatic carbocycles. The number of nitrogens with zero attached hydrogens (tertiary/aromatic N) is 1. The van der Waals surface area contributed by atoms with Crippen LogP contribution in [0.5, 0.6) is 11.5 Å². The lowest BCUT2D eigenvalue weighted by molar-refractivity contribution is -0.146. The normalized spacial score (nSPS) is 20.8. The van der Waals surface area contributed by atoms with Crippen molar-refractivity contribution < 1.29 is 33.3 Å². The number of allylic oxidation sites excluding steroid dienone is 2. The van der Waals surface area contributed by atoms with E-state index in [1.54, 1.807) is 38.5 Å². The first-order valence-electron chi connectivity index (χ1n) is 12.7. The molecule has 0 bridgehead atoms. The maximum absolute atomic E-state index is 13.8. The molecule has 2 aliphatic rings. The molecule has 0 amide bonds. The Labute approximate surface area is 222 Å². The van der Waals surface area contributed by atoms with E-state index in [4.69, 9.17) is 23.9 Å². The monoisotopic (exact) mass is 519 g/mol. The first kappa shape index (κ1) is 27.1. The van der Waals surface area contributed by atoms with E-state index in [1.165, 1.54) is 7.11 Å². The molecule has 0 radical (unpaired) electrons. The van der Waals surface area contributed by atoms with Gasteiger partial charge in [-0.15, -0.1) is 0 Å². The molecule has 8 heteroatoms. The first-order valence-corrected chi connectivity index (χ1v) is 12.7. The van der Waals surface area contributed by atoms with Crippen LogP contribution >= 0.6 is 0 Å². The third-order valence-electron chi connectivity index (χ3n) is 7.16. The molecule has 38 heavy (non-hydrogen) atoms. The van der Waals surface area contributed by atoms with Crippen LogP contribution in [0, 0.1) is 5.92 Å². The van der Waals surface area contributed by atoms with Crippen LogP contribution in [0.3, 0.4) is 0 Å². The molecule has 0 N–H and O–H groups in total. The van der Waals surface area contributed by atoms with E-state index in [1.807, 2.05) is 32.0 Å². The van der Waals surface area contributed by atoms with Crippen molar-refractivity contribution in [2.24, 2.45) is 10.9 Å². The fraction of sp³-hybridized carbons (Fsp3) is 0.400. The standard InChI is InChI=1S/C30H33NO7/c1-6-13-38-30(34)26-17(2)31-22-14-21(20-11-12-24(35-3)25(16-20)36-4)15-23(32)28(22)27(26)18-7-9-19(10-8-18)29(33)37-5/h7-12,16,21,26-27H,6,13-15H2,1-5H3/t21-,26?,27-/m0/s1. The number of carbonyl (C=O) groups excluding carboxylic acids is 3. The number of aliphatic imine (C=N–C) groups is 1. The van der Waals surface area contributed by atoms with Gasteiger partial charge >= 0.3 is 11.9 Å². The highest BCUT2D eigenvalue weighted by molar-refractivity contribution is 6.09. The Morgan fingerprint density at radius 3 is 2.26 bits per heavy atom. The van der Waals surface area contributed by atoms with Crippen LogP contribution in [0.4, 0.5) is 0 Å². The summed E-state index contributed by atoms with van der Waals surface area (Å²) in [5.74, 6) is -1.08. The molecule has 4 rings (SSSR count). The van der Waals surface area contributed by atoms with Crippen LogP contribution in [-0.2, 0) is 19.1 Å². The van der Waals surface area contributed by atoms with E-state index in [0.29, 0.717) is 46.9 Å². The van der Waals surface area contributed by atoms with Gasteiger partial charge in [0.2, 0.25) is 0 Å². The van der Waals surface area contributed by atoms with Crippen molar-refractivity contribution >= 4 is 23.4 Å². The number of ether oxygens (including phenoxy) is 4. The fourth-order valence-corrected chi connectivity index (χ4v) is 5.30. The molecule has 1 unspecified atom stereocenters. The number of carbonyl (C=O) groups is 3. The summed E-state index contributed by atoms with van der Waals surface area (Å²) in [5, 5.41) is 0. The van der Waals surface area contributed by atoms with E-state index in [9.17, 15) is 14.4 Å². The Hall–Kier alpha value is -3.94. The highest BCUT2D eigenvalue weighted by Gasteiger charge is 2.44. The van der Waals surface area contributed by atoms with Gasteiger partial charge in [0.25, 0.3) is 0 Å². The molecule has 0 saturated heterocycles. The Morgan fingerprint density at radius 2 is 1.63 bits per heavy atom. The number of methoxy groups -OCH3 is 3. The second-order valence-electron chi connectivity index (χ2n) is 9.49. The molecule has 200 valence electrons. The molecule has 1 heterocycles. The van der Waals surface area contributed by atoms with Crippen LogP contribution in [0.1, 0.15) is 66.4 Å². The topological polar surface area (TPSA) is 100 Å². The third kappa shape index (κ3) is 5.21. The number of hydrogen-bond donors (Lipinski definition) is 0. The molecular formula is C30H33NO7. The van der Waals surface area contributed by atoms with E-state index in [2.05, 4.69) is 0 Å². The minimum absolute atomic E-state index is 0.0578. The van der Waals surface area contributed by atoms with Crippen LogP contribution in [0.25, 0.3) is 0 Å². The van der Waals surface area contributed by atoms with E-state index in [0.717, 1.165) is 11.1 Å². The lowest BCUT2D eigenvalue weighted by Crippen LogP contribution is -2.38. The predicted molar refractivity (Wildman–Crippen MR) is 142 cm³/mol. The predicted octanol–water partition coefficient (Wildman–Crippen LogP) is 5.02. The van der Waals surface area contributed by atoms with Gasteiger partial charge in [-0.05, 0) is 61.1 Å². The van der Waals surface area contributed by atoms with Crippen molar-refractivity contribution in [3.05, 3.63) is 70.4 Å². The first-order chi connectivity index (χ1) is 18.3. The molecule has 0 aromatic heterocycles. The van der Waals surface area contributed by atoms with Crippen molar-refractivity contribution in [2.75, 3.05) is 27.9 Å². The van der Waals surface area contributed by atoms with Crippen LogP contribution in [-0.4, -0.2) is 51.4 Å². The van der Waals surface area contributed by atoms with Gasteiger partial charge in [-0.2, -0.15) is 0 Å². The minimum Gasteiger partial charge on any atom is -0.493 e. The minimum atomic E-state index is -0.731. The highest BCUT2D eigenvalue weighted by atomic mass is 16.5. The summed E-state index contributed by atoms with van der Waals surface area (Å²) in [6.07, 6.45) is 1.50. The number of benzene rings is 2. The van der Waals surface area contributed by atoms with E-state index >= 15 is 0 Å². The summed E-state index contributed by atoms with van der Waals surface area (Å²) >= 11 is 0. The summed E-state index contributed by atoms with van der Waals surface area (Å²) in [7, 11) is 4.48. The molecule has 8 nitrogen and oxygen atoms in total. The van der Waals surface area contributed by atoms with Crippen LogP contribution < -0.4 is 9.47 Å². The van der Waals surface area contributed by atoms with Crippen molar-refractivity contribution in [3.63, 3.8) is 0 Å². The summed E-state index contributed by atoms with van der Waals surface area (Å²) in [6.45, 7) is 4.03. The zero-order chi connectivity index (χ0) is 27.4. The molecule has 1 aliphatic carbocycles. The Balaban J connectivity index is 1.76. The molecule has 0 fully saturated rings. The summed E-state index contributed by atoms with van der Waals surface area (Å²) in [6, 6.07) is 12.5. The van der Waals surface area contributed by atoms with Crippen molar-refractivity contribution in [2.45, 2.75) is 44.9 Å². The Bertz CT molecular complexity index is 1290. The van der Waals surface area contributed by atoms with Gasteiger partial charge in [-0.3, -0.25) is 14.6 Å². The van der Waals surface area contributed by atoms with Crippen LogP contribution in [0.2, 0.25) is 0 Å². The van der Waals surface area contributed by atoms with Crippen molar-refractivity contribution in [1.29, 1.82) is 0 Å². The maximum atomic E-state index is 13.8. The summed E-state index contributed by atoms with van der Waals surface area (Å²) in [4.78, 5) is 43.8. The lowest BCUT2D eigenvalue weighted by atomic mass is 9.69. The molecule has 3 atom stereocenters. The number of ketones is 1. The summed E-state index contributed by atoms with van der Waals surface area (Å²) in [5.41, 5.74) is 3.92. The van der Waals surface area contributed by atoms with Gasteiger partial charge in [-0.1, -0.05) is 25.1 Å². The second-order valence-corrected chi connectivity index (χ2v) is 9.49. The van der Waals surface area contributed by atoms with Gasteiger partial charge in [-0.25, -0.2) is 4.79 Å². The lowest BCUT2D eigenvalue weighted by Gasteiger charge is -2.36. The van der Waals surface area contributed by atoms with E-state index < -0.39 is 23.8 Å². The molecule has 2 aromatic rings. The molecule has 0 saturated carbocycles. The Kier molecular flexibility index (Phi) is 8.29. The highest BCUT2D eigenvalue weighted by Crippen LogP contribution is 2.47. The smallest absolute Gasteiger partial charge is 0.337 e. The average Bonchev–Trinajstić information content (AvgIpc) is 2.94.